The Labute approximate surface area is 146 Å². The standard InChI is InChI=1S/C16H25N3O6/c1-10(18-15(23)25-16(2,3)4)14(22)24-9-7-12(20)19-8-5-6-11(19)13(17)21/h11H,1,5-9H2,2-4H3,(H2,17,21)(H,18,23). The molecule has 0 aromatic heterocycles. The first-order valence-electron chi connectivity index (χ1n) is 7.96. The topological polar surface area (TPSA) is 128 Å². The Morgan fingerprint density at radius 3 is 2.48 bits per heavy atom. The van der Waals surface area contributed by atoms with Crippen molar-refractivity contribution >= 4 is 23.9 Å². The quantitative estimate of drug-likeness (QED) is 0.525. The van der Waals surface area contributed by atoms with Crippen LogP contribution in [0.2, 0.25) is 0 Å². The van der Waals surface area contributed by atoms with Gasteiger partial charge in [0.05, 0.1) is 6.42 Å². The molecular weight excluding hydrogens is 330 g/mol. The summed E-state index contributed by atoms with van der Waals surface area (Å²) in [5.74, 6) is -1.73. The number of esters is 1. The molecule has 0 bridgehead atoms. The number of carbonyl (C=O) groups excluding carboxylic acids is 4. The van der Waals surface area contributed by atoms with Crippen molar-refractivity contribution in [3.8, 4) is 0 Å². The van der Waals surface area contributed by atoms with Crippen molar-refractivity contribution in [2.45, 2.75) is 51.7 Å². The molecule has 25 heavy (non-hydrogen) atoms. The summed E-state index contributed by atoms with van der Waals surface area (Å²) < 4.78 is 9.87. The Hall–Kier alpha value is -2.58. The number of likely N-dealkylation sites (tertiary alicyclic amines) is 1. The number of hydrogen-bond acceptors (Lipinski definition) is 6. The van der Waals surface area contributed by atoms with Gasteiger partial charge in [-0.3, -0.25) is 14.9 Å². The molecule has 1 fully saturated rings. The van der Waals surface area contributed by atoms with E-state index in [9.17, 15) is 19.2 Å². The van der Waals surface area contributed by atoms with Crippen LogP contribution in [0.25, 0.3) is 0 Å². The Morgan fingerprint density at radius 2 is 1.92 bits per heavy atom. The molecule has 0 spiro atoms. The van der Waals surface area contributed by atoms with Crippen LogP contribution < -0.4 is 11.1 Å². The van der Waals surface area contributed by atoms with Gasteiger partial charge in [0.2, 0.25) is 11.8 Å². The molecule has 1 saturated heterocycles. The summed E-state index contributed by atoms with van der Waals surface area (Å²) in [6.07, 6.45) is 0.328. The number of nitrogens with zero attached hydrogens (tertiary/aromatic N) is 1. The summed E-state index contributed by atoms with van der Waals surface area (Å²) >= 11 is 0. The fourth-order valence-corrected chi connectivity index (χ4v) is 2.30. The molecule has 9 nitrogen and oxygen atoms in total. The summed E-state index contributed by atoms with van der Waals surface area (Å²) in [6.45, 7) is 8.68. The lowest BCUT2D eigenvalue weighted by molar-refractivity contribution is -0.143. The maximum Gasteiger partial charge on any atom is 0.412 e. The lowest BCUT2D eigenvalue weighted by Gasteiger charge is -2.22. The lowest BCUT2D eigenvalue weighted by Crippen LogP contribution is -2.44. The molecule has 0 radical (unpaired) electrons. The minimum absolute atomic E-state index is 0.0881. The average molecular weight is 355 g/mol. The third-order valence-corrected chi connectivity index (χ3v) is 3.35. The van der Waals surface area contributed by atoms with E-state index in [1.165, 1.54) is 4.90 Å². The largest absolute Gasteiger partial charge is 0.460 e. The summed E-state index contributed by atoms with van der Waals surface area (Å²) in [5, 5.41) is 2.16. The van der Waals surface area contributed by atoms with Crippen molar-refractivity contribution in [2.75, 3.05) is 13.2 Å². The highest BCUT2D eigenvalue weighted by Crippen LogP contribution is 2.17. The van der Waals surface area contributed by atoms with Gasteiger partial charge in [0.15, 0.2) is 0 Å². The number of alkyl carbamates (subject to hydrolysis) is 1. The molecule has 0 saturated carbocycles. The highest BCUT2D eigenvalue weighted by atomic mass is 16.6. The van der Waals surface area contributed by atoms with E-state index < -0.39 is 29.6 Å². The van der Waals surface area contributed by atoms with E-state index in [0.717, 1.165) is 0 Å². The summed E-state index contributed by atoms with van der Waals surface area (Å²) in [7, 11) is 0. The molecule has 0 aliphatic carbocycles. The van der Waals surface area contributed by atoms with Gasteiger partial charge in [0.25, 0.3) is 0 Å². The zero-order chi connectivity index (χ0) is 19.2. The smallest absolute Gasteiger partial charge is 0.412 e. The van der Waals surface area contributed by atoms with Gasteiger partial charge in [-0.1, -0.05) is 6.58 Å². The molecular formula is C16H25N3O6. The highest BCUT2D eigenvalue weighted by molar-refractivity contribution is 5.92. The van der Waals surface area contributed by atoms with Gasteiger partial charge in [0, 0.05) is 6.54 Å². The van der Waals surface area contributed by atoms with Crippen LogP contribution in [0, 0.1) is 0 Å². The van der Waals surface area contributed by atoms with Crippen molar-refractivity contribution in [1.29, 1.82) is 0 Å². The van der Waals surface area contributed by atoms with Gasteiger partial charge in [-0.05, 0) is 33.6 Å². The van der Waals surface area contributed by atoms with Crippen molar-refractivity contribution in [2.24, 2.45) is 5.73 Å². The molecule has 3 amide bonds. The molecule has 3 N–H and O–H groups in total. The van der Waals surface area contributed by atoms with Crippen molar-refractivity contribution < 1.29 is 28.7 Å². The van der Waals surface area contributed by atoms with Crippen molar-refractivity contribution in [3.63, 3.8) is 0 Å². The van der Waals surface area contributed by atoms with E-state index >= 15 is 0 Å². The van der Waals surface area contributed by atoms with Crippen molar-refractivity contribution in [1.82, 2.24) is 10.2 Å². The molecule has 1 aliphatic rings. The predicted molar refractivity (Wildman–Crippen MR) is 88.0 cm³/mol. The van der Waals surface area contributed by atoms with Gasteiger partial charge in [-0.15, -0.1) is 0 Å². The Balaban J connectivity index is 2.36. The maximum absolute atomic E-state index is 12.1. The number of ether oxygens (including phenoxy) is 2. The average Bonchev–Trinajstić information content (AvgIpc) is 2.94. The highest BCUT2D eigenvalue weighted by Gasteiger charge is 2.32. The first-order chi connectivity index (χ1) is 11.5. The van der Waals surface area contributed by atoms with Crippen LogP contribution in [-0.4, -0.2) is 53.6 Å². The Kier molecular flexibility index (Phi) is 6.96. The first kappa shape index (κ1) is 20.5. The van der Waals surface area contributed by atoms with Crippen LogP contribution in [0.4, 0.5) is 4.79 Å². The van der Waals surface area contributed by atoms with Crippen LogP contribution in [0.3, 0.4) is 0 Å². The second-order valence-electron chi connectivity index (χ2n) is 6.64. The SMILES string of the molecule is C=C(NC(=O)OC(C)(C)C)C(=O)OCCC(=O)N1CCCC1C(N)=O. The number of nitrogens with two attached hydrogens (primary N) is 1. The lowest BCUT2D eigenvalue weighted by atomic mass is 10.2. The van der Waals surface area contributed by atoms with E-state index in [1.54, 1.807) is 20.8 Å². The number of hydrogen-bond donors (Lipinski definition) is 2. The fourth-order valence-electron chi connectivity index (χ4n) is 2.30. The number of amides is 3. The third-order valence-electron chi connectivity index (χ3n) is 3.35. The van der Waals surface area contributed by atoms with Gasteiger partial charge in [-0.2, -0.15) is 0 Å². The third kappa shape index (κ3) is 6.82. The monoisotopic (exact) mass is 355 g/mol. The van der Waals surface area contributed by atoms with Gasteiger partial charge in [-0.25, -0.2) is 9.59 Å². The first-order valence-corrected chi connectivity index (χ1v) is 7.96. The summed E-state index contributed by atoms with van der Waals surface area (Å²) in [5.41, 5.74) is 4.24. The Morgan fingerprint density at radius 1 is 1.28 bits per heavy atom. The minimum Gasteiger partial charge on any atom is -0.460 e. The molecule has 140 valence electrons. The summed E-state index contributed by atoms with van der Waals surface area (Å²) in [4.78, 5) is 48.0. The Bertz CT molecular complexity index is 567. The molecule has 1 aliphatic heterocycles. The van der Waals surface area contributed by atoms with Crippen LogP contribution in [-0.2, 0) is 23.9 Å². The van der Waals surface area contributed by atoms with Gasteiger partial charge < -0.3 is 20.1 Å². The van der Waals surface area contributed by atoms with Crippen LogP contribution in [0.1, 0.15) is 40.0 Å². The summed E-state index contributed by atoms with van der Waals surface area (Å²) in [6, 6.07) is -0.605. The fraction of sp³-hybridized carbons (Fsp3) is 0.625. The minimum atomic E-state index is -0.869. The normalized spacial score (nSPS) is 16.9. The second kappa shape index (κ2) is 8.50. The predicted octanol–water partition coefficient (Wildman–Crippen LogP) is 0.434. The second-order valence-corrected chi connectivity index (χ2v) is 6.64. The molecule has 0 aromatic rings. The molecule has 1 atom stereocenters. The molecule has 1 heterocycles. The molecule has 1 rings (SSSR count). The van der Waals surface area contributed by atoms with E-state index in [2.05, 4.69) is 11.9 Å². The number of primary amides is 1. The number of nitrogens with one attached hydrogen (secondary N) is 1. The van der Waals surface area contributed by atoms with Gasteiger partial charge in [0.1, 0.15) is 23.9 Å². The van der Waals surface area contributed by atoms with Crippen LogP contribution in [0.5, 0.6) is 0 Å². The molecule has 1 unspecified atom stereocenters. The van der Waals surface area contributed by atoms with E-state index in [-0.39, 0.29) is 24.6 Å². The van der Waals surface area contributed by atoms with E-state index in [4.69, 9.17) is 15.2 Å². The number of rotatable bonds is 6. The van der Waals surface area contributed by atoms with E-state index in [1.807, 2.05) is 0 Å². The van der Waals surface area contributed by atoms with Crippen molar-refractivity contribution in [3.05, 3.63) is 12.3 Å². The molecule has 0 aromatic carbocycles. The zero-order valence-corrected chi connectivity index (χ0v) is 14.8. The maximum atomic E-state index is 12.1. The number of carbonyl (C=O) groups is 4. The van der Waals surface area contributed by atoms with E-state index in [0.29, 0.717) is 19.4 Å². The zero-order valence-electron chi connectivity index (χ0n) is 14.8. The van der Waals surface area contributed by atoms with Gasteiger partial charge >= 0.3 is 12.1 Å². The van der Waals surface area contributed by atoms with Crippen LogP contribution >= 0.6 is 0 Å². The van der Waals surface area contributed by atoms with Crippen LogP contribution in [0.15, 0.2) is 12.3 Å². The molecule has 9 heteroatoms.